The summed E-state index contributed by atoms with van der Waals surface area (Å²) in [6, 6.07) is 31.1. The third kappa shape index (κ3) is 9.55. The van der Waals surface area contributed by atoms with Gasteiger partial charge in [0.2, 0.25) is 17.7 Å². The lowest BCUT2D eigenvalue weighted by Gasteiger charge is -2.39. The molecule has 0 radical (unpaired) electrons. The molecule has 3 atom stereocenters. The molecule has 2 aliphatic rings. The van der Waals surface area contributed by atoms with E-state index in [2.05, 4.69) is 69.5 Å². The minimum Gasteiger partial charge on any atom is -0.368 e. The van der Waals surface area contributed by atoms with Crippen LogP contribution < -0.4 is 26.2 Å². The van der Waals surface area contributed by atoms with Gasteiger partial charge in [0.1, 0.15) is 6.04 Å². The van der Waals surface area contributed by atoms with Gasteiger partial charge in [-0.3, -0.25) is 14.4 Å². The van der Waals surface area contributed by atoms with Gasteiger partial charge in [0.25, 0.3) is 0 Å². The number of nitrogens with zero attached hydrogens (tertiary/aromatic N) is 2. The van der Waals surface area contributed by atoms with E-state index in [1.165, 1.54) is 29.3 Å². The van der Waals surface area contributed by atoms with Crippen molar-refractivity contribution in [2.24, 2.45) is 0 Å². The molecule has 4 aromatic rings. The van der Waals surface area contributed by atoms with E-state index >= 15 is 0 Å². The van der Waals surface area contributed by atoms with Crippen LogP contribution in [0.4, 0.5) is 11.4 Å². The molecular weight excluding hydrogens is 660 g/mol. The predicted molar refractivity (Wildman–Crippen MR) is 204 cm³/mol. The first-order chi connectivity index (χ1) is 24.7. The molecule has 2 aliphatic heterocycles. The van der Waals surface area contributed by atoms with Gasteiger partial charge < -0.3 is 31.1 Å². The highest BCUT2D eigenvalue weighted by Crippen LogP contribution is 2.28. The quantitative estimate of drug-likeness (QED) is 0.160. The average molecular weight is 707 g/mol. The fourth-order valence-corrected chi connectivity index (χ4v) is 7.13. The van der Waals surface area contributed by atoms with Gasteiger partial charge in [-0.1, -0.05) is 78.3 Å². The Morgan fingerprint density at radius 3 is 2.24 bits per heavy atom. The van der Waals surface area contributed by atoms with Gasteiger partial charge in [0.05, 0.1) is 6.04 Å². The molecule has 0 spiro atoms. The minimum atomic E-state index is -0.692. The zero-order chi connectivity index (χ0) is 35.7. The van der Waals surface area contributed by atoms with Crippen molar-refractivity contribution in [2.45, 2.75) is 57.8 Å². The zero-order valence-corrected chi connectivity index (χ0v) is 30.1. The summed E-state index contributed by atoms with van der Waals surface area (Å²) in [6.45, 7) is 7.63. The molecule has 0 aromatic heterocycles. The maximum absolute atomic E-state index is 14.1. The first kappa shape index (κ1) is 36.1. The van der Waals surface area contributed by atoms with E-state index in [4.69, 9.17) is 11.6 Å². The SMILES string of the molecule is CC(=O)Nc1ccc(CCNC(C)c2ccccc2N2CCN(C(=O)C(Cc3ccc(Cl)cc3)NC(=O)C3Cc4ccccc4CN3)CC2)cc1. The van der Waals surface area contributed by atoms with Crippen LogP contribution in [0.3, 0.4) is 0 Å². The maximum atomic E-state index is 14.1. The number of anilines is 2. The van der Waals surface area contributed by atoms with E-state index in [1.807, 2.05) is 65.6 Å². The second-order valence-electron chi connectivity index (χ2n) is 13.5. The van der Waals surface area contributed by atoms with E-state index < -0.39 is 12.1 Å². The number of nitrogens with one attached hydrogen (secondary N) is 4. The standard InChI is InChI=1S/C41H47ClN6O3/c1-28(43-20-19-30-13-17-35(18-14-30)45-29(2)49)36-9-5-6-10-39(36)47-21-23-48(24-22-47)41(51)38(25-31-11-15-34(42)16-12-31)46-40(50)37-26-32-7-3-4-8-33(32)27-44-37/h3-18,28,37-38,43-44H,19-27H2,1-2H3,(H,45,49)(H,46,50). The Hall–Kier alpha value is -4.70. The maximum Gasteiger partial charge on any atom is 0.245 e. The van der Waals surface area contributed by atoms with E-state index in [-0.39, 0.29) is 23.8 Å². The molecule has 2 heterocycles. The molecule has 3 unspecified atom stereocenters. The van der Waals surface area contributed by atoms with Crippen LogP contribution >= 0.6 is 11.6 Å². The van der Waals surface area contributed by atoms with Gasteiger partial charge in [-0.15, -0.1) is 0 Å². The van der Waals surface area contributed by atoms with E-state index in [0.29, 0.717) is 50.6 Å². The van der Waals surface area contributed by atoms with Crippen molar-refractivity contribution in [3.05, 3.63) is 130 Å². The molecule has 266 valence electrons. The lowest BCUT2D eigenvalue weighted by atomic mass is 9.95. The highest BCUT2D eigenvalue weighted by Gasteiger charge is 2.32. The fourth-order valence-electron chi connectivity index (χ4n) is 7.00. The Bertz CT molecular complexity index is 1810. The Balaban J connectivity index is 1.06. The predicted octanol–water partition coefficient (Wildman–Crippen LogP) is 5.28. The summed E-state index contributed by atoms with van der Waals surface area (Å²) in [5.74, 6) is -0.304. The summed E-state index contributed by atoms with van der Waals surface area (Å²) in [7, 11) is 0. The van der Waals surface area contributed by atoms with Crippen LogP contribution in [0, 0.1) is 0 Å². The third-order valence-corrected chi connectivity index (χ3v) is 10.1. The molecule has 4 aromatic carbocycles. The van der Waals surface area contributed by atoms with Crippen LogP contribution in [0.15, 0.2) is 97.1 Å². The summed E-state index contributed by atoms with van der Waals surface area (Å²) in [4.78, 5) is 43.3. The zero-order valence-electron chi connectivity index (χ0n) is 29.3. The number of hydrogen-bond acceptors (Lipinski definition) is 6. The van der Waals surface area contributed by atoms with Crippen molar-refractivity contribution in [1.82, 2.24) is 20.9 Å². The number of carbonyl (C=O) groups excluding carboxylic acids is 3. The number of amides is 3. The number of rotatable bonds is 12. The molecule has 51 heavy (non-hydrogen) atoms. The molecule has 3 amide bonds. The largest absolute Gasteiger partial charge is 0.368 e. The van der Waals surface area contributed by atoms with Crippen LogP contribution in [0.2, 0.25) is 5.02 Å². The lowest BCUT2D eigenvalue weighted by Crippen LogP contribution is -2.58. The van der Waals surface area contributed by atoms with E-state index in [9.17, 15) is 14.4 Å². The van der Waals surface area contributed by atoms with E-state index in [0.717, 1.165) is 29.8 Å². The highest BCUT2D eigenvalue weighted by molar-refractivity contribution is 6.30. The topological polar surface area (TPSA) is 106 Å². The first-order valence-electron chi connectivity index (χ1n) is 17.8. The van der Waals surface area contributed by atoms with Crippen LogP contribution in [-0.2, 0) is 40.2 Å². The van der Waals surface area contributed by atoms with Gasteiger partial charge in [0, 0.05) is 68.5 Å². The minimum absolute atomic E-state index is 0.0670. The smallest absolute Gasteiger partial charge is 0.245 e. The van der Waals surface area contributed by atoms with Crippen molar-refractivity contribution >= 4 is 40.7 Å². The van der Waals surface area contributed by atoms with E-state index in [1.54, 1.807) is 0 Å². The number of halogens is 1. The number of carbonyl (C=O) groups is 3. The normalized spacial score (nSPS) is 16.9. The highest BCUT2D eigenvalue weighted by atomic mass is 35.5. The molecule has 10 heteroatoms. The van der Waals surface area contributed by atoms with Crippen molar-refractivity contribution < 1.29 is 14.4 Å². The Kier molecular flexibility index (Phi) is 12.0. The lowest BCUT2D eigenvalue weighted by molar-refractivity contribution is -0.137. The molecule has 9 nitrogen and oxygen atoms in total. The Morgan fingerprint density at radius 2 is 1.51 bits per heavy atom. The fraction of sp³-hybridized carbons (Fsp3) is 0.341. The van der Waals surface area contributed by atoms with Crippen LogP contribution in [0.25, 0.3) is 0 Å². The van der Waals surface area contributed by atoms with Crippen LogP contribution in [0.1, 0.15) is 47.7 Å². The van der Waals surface area contributed by atoms with Gasteiger partial charge in [0.15, 0.2) is 0 Å². The average Bonchev–Trinajstić information content (AvgIpc) is 3.15. The summed E-state index contributed by atoms with van der Waals surface area (Å²) >= 11 is 6.15. The van der Waals surface area contributed by atoms with Crippen LogP contribution in [0.5, 0.6) is 0 Å². The molecule has 0 aliphatic carbocycles. The van der Waals surface area contributed by atoms with Gasteiger partial charge >= 0.3 is 0 Å². The second kappa shape index (κ2) is 17.0. The summed E-state index contributed by atoms with van der Waals surface area (Å²) in [6.07, 6.45) is 1.84. The number of benzene rings is 4. The molecule has 0 saturated carbocycles. The number of hydrogen-bond donors (Lipinski definition) is 4. The summed E-state index contributed by atoms with van der Waals surface area (Å²) in [5.41, 5.74) is 7.68. The molecular formula is C41H47ClN6O3. The second-order valence-corrected chi connectivity index (χ2v) is 13.9. The van der Waals surface area contributed by atoms with Crippen molar-refractivity contribution in [2.75, 3.05) is 42.9 Å². The molecule has 0 bridgehead atoms. The summed E-state index contributed by atoms with van der Waals surface area (Å²) in [5, 5.41) is 13.6. The molecule has 1 saturated heterocycles. The van der Waals surface area contributed by atoms with Crippen molar-refractivity contribution in [3.63, 3.8) is 0 Å². The van der Waals surface area contributed by atoms with Crippen LogP contribution in [-0.4, -0.2) is 67.4 Å². The van der Waals surface area contributed by atoms with Gasteiger partial charge in [-0.25, -0.2) is 0 Å². The number of para-hydroxylation sites is 1. The number of fused-ring (bicyclic) bond motifs is 1. The number of piperazine rings is 1. The molecule has 1 fully saturated rings. The Morgan fingerprint density at radius 1 is 0.843 bits per heavy atom. The van der Waals surface area contributed by atoms with Gasteiger partial charge in [-0.05, 0) is 84.5 Å². The van der Waals surface area contributed by atoms with Crippen molar-refractivity contribution in [1.29, 1.82) is 0 Å². The third-order valence-electron chi connectivity index (χ3n) is 9.84. The first-order valence-corrected chi connectivity index (χ1v) is 18.2. The summed E-state index contributed by atoms with van der Waals surface area (Å²) < 4.78 is 0. The van der Waals surface area contributed by atoms with Gasteiger partial charge in [-0.2, -0.15) is 0 Å². The van der Waals surface area contributed by atoms with Crippen molar-refractivity contribution in [3.8, 4) is 0 Å². The Labute approximate surface area is 305 Å². The monoisotopic (exact) mass is 706 g/mol. The molecule has 4 N–H and O–H groups in total. The molecule has 6 rings (SSSR count).